The van der Waals surface area contributed by atoms with Crippen LogP contribution in [0.3, 0.4) is 0 Å². The van der Waals surface area contributed by atoms with Gasteiger partial charge in [-0.15, -0.1) is 0 Å². The fraction of sp³-hybridized carbons (Fsp3) is 0.833. The zero-order valence-electron chi connectivity index (χ0n) is 4.78. The normalized spacial score (nSPS) is 9.43. The minimum atomic E-state index is 1.28. The van der Waals surface area contributed by atoms with Crippen LogP contribution in [0.15, 0.2) is 0 Å². The van der Waals surface area contributed by atoms with Gasteiger partial charge in [0, 0.05) is 0 Å². The highest BCUT2D eigenvalue weighted by Gasteiger charge is 1.81. The van der Waals surface area contributed by atoms with Crippen molar-refractivity contribution in [2.75, 3.05) is 4.43 Å². The predicted molar refractivity (Wildman–Crippen MR) is 42.7 cm³/mol. The fourth-order valence-corrected chi connectivity index (χ4v) is 0.866. The minimum Gasteiger partial charge on any atom is -0.0864 e. The Kier molecular flexibility index (Phi) is 7.43. The molecule has 0 saturated heterocycles. The molecule has 0 heterocycles. The molecule has 0 atom stereocenters. The van der Waals surface area contributed by atoms with Gasteiger partial charge in [-0.3, -0.25) is 0 Å². The molecule has 0 unspecified atom stereocenters. The standard InChI is InChI=1S/C6H12I/c1-2-3-4-5-6-7/h4H,2-3,5-6H2,1H3. The molecule has 0 aliphatic carbocycles. The Labute approximate surface area is 59.8 Å². The van der Waals surface area contributed by atoms with Gasteiger partial charge >= 0.3 is 0 Å². The van der Waals surface area contributed by atoms with Crippen LogP contribution in [0.5, 0.6) is 0 Å². The van der Waals surface area contributed by atoms with Gasteiger partial charge in [0.2, 0.25) is 0 Å². The molecule has 0 amide bonds. The lowest BCUT2D eigenvalue weighted by Gasteiger charge is -1.89. The molecular weight excluding hydrogens is 199 g/mol. The van der Waals surface area contributed by atoms with E-state index in [4.69, 9.17) is 0 Å². The summed E-state index contributed by atoms with van der Waals surface area (Å²) in [7, 11) is 0. The minimum absolute atomic E-state index is 1.28. The van der Waals surface area contributed by atoms with Crippen molar-refractivity contribution in [3.05, 3.63) is 6.42 Å². The first-order valence-electron chi connectivity index (χ1n) is 2.79. The third-order valence-corrected chi connectivity index (χ3v) is 1.43. The molecule has 1 heteroatoms. The molecular formula is C6H12I. The summed E-state index contributed by atoms with van der Waals surface area (Å²) >= 11 is 2.40. The Morgan fingerprint density at radius 1 is 1.43 bits per heavy atom. The maximum atomic E-state index is 2.40. The lowest BCUT2D eigenvalue weighted by molar-refractivity contribution is 0.859. The summed E-state index contributed by atoms with van der Waals surface area (Å²) in [4.78, 5) is 0. The van der Waals surface area contributed by atoms with E-state index in [0.717, 1.165) is 0 Å². The molecule has 7 heavy (non-hydrogen) atoms. The Bertz CT molecular complexity index is 23.4. The number of hydrogen-bond donors (Lipinski definition) is 0. The highest BCUT2D eigenvalue weighted by molar-refractivity contribution is 14.1. The summed E-state index contributed by atoms with van der Waals surface area (Å²) in [6, 6.07) is 0. The number of rotatable bonds is 4. The van der Waals surface area contributed by atoms with Crippen molar-refractivity contribution in [2.24, 2.45) is 0 Å². The van der Waals surface area contributed by atoms with Crippen LogP contribution < -0.4 is 0 Å². The van der Waals surface area contributed by atoms with Crippen molar-refractivity contribution in [3.63, 3.8) is 0 Å². The molecule has 0 fully saturated rings. The monoisotopic (exact) mass is 211 g/mol. The predicted octanol–water partition coefficient (Wildman–Crippen LogP) is 2.82. The van der Waals surface area contributed by atoms with E-state index in [0.29, 0.717) is 0 Å². The first-order valence-corrected chi connectivity index (χ1v) is 4.32. The Hall–Kier alpha value is 0.730. The van der Waals surface area contributed by atoms with E-state index in [-0.39, 0.29) is 0 Å². The smallest absolute Gasteiger partial charge is 0.000199 e. The van der Waals surface area contributed by atoms with Crippen molar-refractivity contribution >= 4 is 22.6 Å². The van der Waals surface area contributed by atoms with E-state index in [1.54, 1.807) is 0 Å². The number of unbranched alkanes of at least 4 members (excludes halogenated alkanes) is 3. The van der Waals surface area contributed by atoms with Gasteiger partial charge in [0.05, 0.1) is 0 Å². The Morgan fingerprint density at radius 3 is 2.57 bits per heavy atom. The number of hydrogen-bond acceptors (Lipinski definition) is 0. The van der Waals surface area contributed by atoms with Crippen LogP contribution in [0.4, 0.5) is 0 Å². The summed E-state index contributed by atoms with van der Waals surface area (Å²) in [6.07, 6.45) is 6.24. The largest absolute Gasteiger partial charge is 0.0864 e. The van der Waals surface area contributed by atoms with E-state index in [1.165, 1.54) is 23.7 Å². The van der Waals surface area contributed by atoms with Crippen LogP contribution in [0.2, 0.25) is 0 Å². The van der Waals surface area contributed by atoms with Gasteiger partial charge in [-0.05, 0) is 17.3 Å². The molecule has 0 spiro atoms. The van der Waals surface area contributed by atoms with Gasteiger partial charge < -0.3 is 0 Å². The summed E-state index contributed by atoms with van der Waals surface area (Å²) in [5.74, 6) is 0. The van der Waals surface area contributed by atoms with Crippen molar-refractivity contribution in [2.45, 2.75) is 26.2 Å². The van der Waals surface area contributed by atoms with Crippen LogP contribution in [-0.2, 0) is 0 Å². The zero-order chi connectivity index (χ0) is 5.54. The lowest BCUT2D eigenvalue weighted by atomic mass is 10.2. The molecule has 0 aromatic rings. The van der Waals surface area contributed by atoms with Crippen LogP contribution in [0.1, 0.15) is 26.2 Å². The molecule has 0 aromatic carbocycles. The molecule has 0 nitrogen and oxygen atoms in total. The van der Waals surface area contributed by atoms with E-state index >= 15 is 0 Å². The second-order valence-corrected chi connectivity index (χ2v) is 2.63. The fourth-order valence-electron chi connectivity index (χ4n) is 0.426. The molecule has 0 rings (SSSR count). The van der Waals surface area contributed by atoms with E-state index < -0.39 is 0 Å². The molecule has 0 saturated carbocycles. The molecule has 0 N–H and O–H groups in total. The zero-order valence-corrected chi connectivity index (χ0v) is 6.94. The van der Waals surface area contributed by atoms with Crippen molar-refractivity contribution in [1.29, 1.82) is 0 Å². The second-order valence-electron chi connectivity index (χ2n) is 1.56. The molecule has 43 valence electrons. The van der Waals surface area contributed by atoms with Gasteiger partial charge in [0.25, 0.3) is 0 Å². The van der Waals surface area contributed by atoms with Gasteiger partial charge in [-0.2, -0.15) is 0 Å². The average Bonchev–Trinajstić information content (AvgIpc) is 1.69. The average molecular weight is 211 g/mol. The first kappa shape index (κ1) is 7.73. The van der Waals surface area contributed by atoms with Crippen LogP contribution >= 0.6 is 22.6 Å². The van der Waals surface area contributed by atoms with Gasteiger partial charge in [0.1, 0.15) is 0 Å². The summed E-state index contributed by atoms with van der Waals surface area (Å²) in [5.41, 5.74) is 0. The van der Waals surface area contributed by atoms with Crippen molar-refractivity contribution < 1.29 is 0 Å². The third kappa shape index (κ3) is 6.73. The van der Waals surface area contributed by atoms with Crippen molar-refractivity contribution in [1.82, 2.24) is 0 Å². The molecule has 0 aliphatic heterocycles. The molecule has 0 bridgehead atoms. The topological polar surface area (TPSA) is 0 Å². The number of halogens is 1. The quantitative estimate of drug-likeness (QED) is 0.381. The van der Waals surface area contributed by atoms with E-state index in [1.807, 2.05) is 0 Å². The SMILES string of the molecule is CCC[CH]CCI. The van der Waals surface area contributed by atoms with Gasteiger partial charge in [-0.25, -0.2) is 0 Å². The molecule has 0 aliphatic rings. The van der Waals surface area contributed by atoms with E-state index in [9.17, 15) is 0 Å². The molecule has 0 aromatic heterocycles. The highest BCUT2D eigenvalue weighted by atomic mass is 127. The van der Waals surface area contributed by atoms with Crippen LogP contribution in [-0.4, -0.2) is 4.43 Å². The lowest BCUT2D eigenvalue weighted by Crippen LogP contribution is -1.75. The van der Waals surface area contributed by atoms with Crippen LogP contribution in [0, 0.1) is 6.42 Å². The maximum absolute atomic E-state index is 2.40. The highest BCUT2D eigenvalue weighted by Crippen LogP contribution is 1.98. The maximum Gasteiger partial charge on any atom is -0.000199 e. The Balaban J connectivity index is 2.45. The second kappa shape index (κ2) is 6.73. The summed E-state index contributed by atoms with van der Waals surface area (Å²) < 4.78 is 1.28. The van der Waals surface area contributed by atoms with E-state index in [2.05, 4.69) is 35.9 Å². The Morgan fingerprint density at radius 2 is 2.14 bits per heavy atom. The van der Waals surface area contributed by atoms with Gasteiger partial charge in [-0.1, -0.05) is 42.4 Å². The first-order chi connectivity index (χ1) is 3.41. The number of alkyl halides is 1. The van der Waals surface area contributed by atoms with Crippen LogP contribution in [0.25, 0.3) is 0 Å². The summed E-state index contributed by atoms with van der Waals surface area (Å²) in [5, 5.41) is 0. The van der Waals surface area contributed by atoms with Crippen molar-refractivity contribution in [3.8, 4) is 0 Å². The van der Waals surface area contributed by atoms with Gasteiger partial charge in [0.15, 0.2) is 0 Å². The summed E-state index contributed by atoms with van der Waals surface area (Å²) in [6.45, 7) is 2.21. The molecule has 1 radical (unpaired) electrons. The third-order valence-electron chi connectivity index (χ3n) is 0.806.